The summed E-state index contributed by atoms with van der Waals surface area (Å²) in [5.41, 5.74) is 2.03. The van der Waals surface area contributed by atoms with E-state index in [1.165, 1.54) is 25.7 Å². The molecule has 0 aliphatic heterocycles. The number of hydrogen-bond donors (Lipinski definition) is 1. The summed E-state index contributed by atoms with van der Waals surface area (Å²) < 4.78 is 5.16. The van der Waals surface area contributed by atoms with Gasteiger partial charge in [0.15, 0.2) is 0 Å². The average molecular weight is 315 g/mol. The van der Waals surface area contributed by atoms with Gasteiger partial charge in [0.05, 0.1) is 16.6 Å². The lowest BCUT2D eigenvalue weighted by Gasteiger charge is -2.31. The molecule has 2 heterocycles. The zero-order valence-electron chi connectivity index (χ0n) is 14.2. The van der Waals surface area contributed by atoms with Crippen LogP contribution in [0.15, 0.2) is 16.8 Å². The second-order valence-electron chi connectivity index (χ2n) is 7.21. The quantitative estimate of drug-likeness (QED) is 0.913. The van der Waals surface area contributed by atoms with E-state index in [2.05, 4.69) is 29.3 Å². The fourth-order valence-electron chi connectivity index (χ4n) is 3.52. The molecule has 1 fully saturated rings. The van der Waals surface area contributed by atoms with Crippen molar-refractivity contribution in [2.24, 2.45) is 11.3 Å². The number of pyridine rings is 1. The first-order valence-electron chi connectivity index (χ1n) is 8.54. The topological polar surface area (TPSA) is 68.0 Å². The van der Waals surface area contributed by atoms with Crippen LogP contribution < -0.4 is 5.32 Å². The number of carbonyl (C=O) groups is 1. The Bertz CT molecular complexity index is 699. The van der Waals surface area contributed by atoms with Crippen LogP contribution in [0.1, 0.15) is 62.5 Å². The molecule has 0 unspecified atom stereocenters. The standard InChI is InChI=1S/C18H25N3O2/c1-4-15-14-9-12(10-19-17(14)23-21-15)16(22)20-11-18(2,3)13-7-5-6-8-13/h9-10,13H,4-8,11H2,1-3H3,(H,20,22). The van der Waals surface area contributed by atoms with E-state index < -0.39 is 0 Å². The Morgan fingerprint density at radius 1 is 1.39 bits per heavy atom. The van der Waals surface area contributed by atoms with Gasteiger partial charge in [-0.3, -0.25) is 4.79 Å². The van der Waals surface area contributed by atoms with Gasteiger partial charge in [-0.1, -0.05) is 38.8 Å². The molecular weight excluding hydrogens is 290 g/mol. The van der Waals surface area contributed by atoms with E-state index in [9.17, 15) is 4.79 Å². The van der Waals surface area contributed by atoms with Gasteiger partial charge in [-0.25, -0.2) is 4.98 Å². The first-order valence-corrected chi connectivity index (χ1v) is 8.54. The number of aromatic nitrogens is 2. The molecular formula is C18H25N3O2. The highest BCUT2D eigenvalue weighted by molar-refractivity contribution is 5.97. The second kappa shape index (κ2) is 6.30. The highest BCUT2D eigenvalue weighted by Gasteiger charge is 2.32. The van der Waals surface area contributed by atoms with Crippen molar-refractivity contribution in [3.05, 3.63) is 23.5 Å². The maximum absolute atomic E-state index is 12.5. The van der Waals surface area contributed by atoms with E-state index in [-0.39, 0.29) is 11.3 Å². The molecule has 0 spiro atoms. The number of hydrogen-bond acceptors (Lipinski definition) is 4. The van der Waals surface area contributed by atoms with Crippen LogP contribution in [-0.2, 0) is 6.42 Å². The van der Waals surface area contributed by atoms with Gasteiger partial charge in [-0.05, 0) is 36.7 Å². The zero-order valence-corrected chi connectivity index (χ0v) is 14.2. The first-order chi connectivity index (χ1) is 11.0. The molecule has 1 N–H and O–H groups in total. The van der Waals surface area contributed by atoms with Crippen LogP contribution in [0, 0.1) is 11.3 Å². The van der Waals surface area contributed by atoms with E-state index >= 15 is 0 Å². The minimum absolute atomic E-state index is 0.0753. The summed E-state index contributed by atoms with van der Waals surface area (Å²) in [6.07, 6.45) is 7.50. The number of amides is 1. The van der Waals surface area contributed by atoms with Gasteiger partial charge in [0.1, 0.15) is 0 Å². The summed E-state index contributed by atoms with van der Waals surface area (Å²) in [7, 11) is 0. The third-order valence-electron chi connectivity index (χ3n) is 5.17. The van der Waals surface area contributed by atoms with Gasteiger partial charge in [0.25, 0.3) is 11.6 Å². The van der Waals surface area contributed by atoms with Gasteiger partial charge in [-0.15, -0.1) is 0 Å². The predicted molar refractivity (Wildman–Crippen MR) is 89.3 cm³/mol. The van der Waals surface area contributed by atoms with E-state index in [0.29, 0.717) is 23.7 Å². The summed E-state index contributed by atoms with van der Waals surface area (Å²) in [5.74, 6) is 0.627. The van der Waals surface area contributed by atoms with Crippen molar-refractivity contribution < 1.29 is 9.32 Å². The summed E-state index contributed by atoms with van der Waals surface area (Å²) in [6, 6.07) is 1.83. The Kier molecular flexibility index (Phi) is 4.37. The van der Waals surface area contributed by atoms with Crippen molar-refractivity contribution in [2.45, 2.75) is 52.9 Å². The molecule has 0 aromatic carbocycles. The molecule has 0 atom stereocenters. The third kappa shape index (κ3) is 3.23. The summed E-state index contributed by atoms with van der Waals surface area (Å²) in [4.78, 5) is 16.7. The Morgan fingerprint density at radius 3 is 2.83 bits per heavy atom. The Labute approximate surface area is 136 Å². The number of aryl methyl sites for hydroxylation is 1. The molecule has 0 radical (unpaired) electrons. The zero-order chi connectivity index (χ0) is 16.4. The molecule has 2 aromatic rings. The van der Waals surface area contributed by atoms with Crippen LogP contribution in [0.4, 0.5) is 0 Å². The van der Waals surface area contributed by atoms with Crippen molar-refractivity contribution in [2.75, 3.05) is 6.54 Å². The summed E-state index contributed by atoms with van der Waals surface area (Å²) in [6.45, 7) is 7.20. The van der Waals surface area contributed by atoms with E-state index in [1.54, 1.807) is 6.20 Å². The van der Waals surface area contributed by atoms with E-state index in [0.717, 1.165) is 17.5 Å². The van der Waals surface area contributed by atoms with Gasteiger partial charge in [0, 0.05) is 12.7 Å². The van der Waals surface area contributed by atoms with Crippen LogP contribution in [0.5, 0.6) is 0 Å². The van der Waals surface area contributed by atoms with Crippen molar-refractivity contribution >= 4 is 17.0 Å². The number of carbonyl (C=O) groups excluding carboxylic acids is 1. The van der Waals surface area contributed by atoms with Gasteiger partial charge in [-0.2, -0.15) is 0 Å². The molecule has 1 amide bonds. The van der Waals surface area contributed by atoms with Crippen LogP contribution >= 0.6 is 0 Å². The normalized spacial score (nSPS) is 16.1. The molecule has 23 heavy (non-hydrogen) atoms. The summed E-state index contributed by atoms with van der Waals surface area (Å²) >= 11 is 0. The van der Waals surface area contributed by atoms with Crippen LogP contribution in [-0.4, -0.2) is 22.6 Å². The lowest BCUT2D eigenvalue weighted by Crippen LogP contribution is -2.37. The van der Waals surface area contributed by atoms with Crippen molar-refractivity contribution in [3.63, 3.8) is 0 Å². The number of nitrogens with one attached hydrogen (secondary N) is 1. The average Bonchev–Trinajstić information content (AvgIpc) is 3.21. The molecule has 0 saturated heterocycles. The molecule has 1 aliphatic rings. The number of rotatable bonds is 5. The Hall–Kier alpha value is -1.91. The maximum Gasteiger partial charge on any atom is 0.257 e. The molecule has 1 aliphatic carbocycles. The van der Waals surface area contributed by atoms with Gasteiger partial charge >= 0.3 is 0 Å². The SMILES string of the molecule is CCc1noc2ncc(C(=O)NCC(C)(C)C3CCCC3)cc12. The fraction of sp³-hybridized carbons (Fsp3) is 0.611. The molecule has 2 aromatic heterocycles. The first kappa shape index (κ1) is 16.0. The van der Waals surface area contributed by atoms with Crippen molar-refractivity contribution in [3.8, 4) is 0 Å². The van der Waals surface area contributed by atoms with E-state index in [1.807, 2.05) is 13.0 Å². The minimum atomic E-state index is -0.0753. The van der Waals surface area contributed by atoms with E-state index in [4.69, 9.17) is 4.52 Å². The van der Waals surface area contributed by atoms with Gasteiger partial charge < -0.3 is 9.84 Å². The lowest BCUT2D eigenvalue weighted by atomic mass is 9.77. The fourth-order valence-corrected chi connectivity index (χ4v) is 3.52. The second-order valence-corrected chi connectivity index (χ2v) is 7.21. The smallest absolute Gasteiger partial charge is 0.257 e. The predicted octanol–water partition coefficient (Wildman–Crippen LogP) is 3.73. The number of fused-ring (bicyclic) bond motifs is 1. The van der Waals surface area contributed by atoms with Crippen LogP contribution in [0.25, 0.3) is 11.1 Å². The maximum atomic E-state index is 12.5. The van der Waals surface area contributed by atoms with Crippen molar-refractivity contribution in [1.29, 1.82) is 0 Å². The Morgan fingerprint density at radius 2 is 2.13 bits per heavy atom. The number of nitrogens with zero attached hydrogens (tertiary/aromatic N) is 2. The third-order valence-corrected chi connectivity index (χ3v) is 5.17. The largest absolute Gasteiger partial charge is 0.351 e. The monoisotopic (exact) mass is 315 g/mol. The highest BCUT2D eigenvalue weighted by Crippen LogP contribution is 2.39. The van der Waals surface area contributed by atoms with Crippen molar-refractivity contribution in [1.82, 2.24) is 15.5 Å². The minimum Gasteiger partial charge on any atom is -0.351 e. The van der Waals surface area contributed by atoms with Gasteiger partial charge in [0.2, 0.25) is 0 Å². The molecule has 0 bridgehead atoms. The molecule has 5 heteroatoms. The Balaban J connectivity index is 1.70. The van der Waals surface area contributed by atoms with Crippen LogP contribution in [0.3, 0.4) is 0 Å². The molecule has 5 nitrogen and oxygen atoms in total. The van der Waals surface area contributed by atoms with Crippen LogP contribution in [0.2, 0.25) is 0 Å². The molecule has 124 valence electrons. The highest BCUT2D eigenvalue weighted by atomic mass is 16.5. The lowest BCUT2D eigenvalue weighted by molar-refractivity contribution is 0.0918. The molecule has 1 saturated carbocycles. The summed E-state index contributed by atoms with van der Waals surface area (Å²) in [5, 5.41) is 7.89. The molecule has 3 rings (SSSR count).